The van der Waals surface area contributed by atoms with Crippen molar-refractivity contribution in [1.82, 2.24) is 5.32 Å². The summed E-state index contributed by atoms with van der Waals surface area (Å²) in [6.07, 6.45) is 0.931. The quantitative estimate of drug-likeness (QED) is 0.639. The molecule has 0 aliphatic carbocycles. The van der Waals surface area contributed by atoms with Crippen molar-refractivity contribution < 1.29 is 14.5 Å². The Labute approximate surface area is 145 Å². The van der Waals surface area contributed by atoms with Gasteiger partial charge in [-0.1, -0.05) is 39.0 Å². The van der Waals surface area contributed by atoms with Crippen molar-refractivity contribution in [3.8, 4) is 0 Å². The lowest BCUT2D eigenvalue weighted by Crippen LogP contribution is -3.14. The summed E-state index contributed by atoms with van der Waals surface area (Å²) in [4.78, 5) is 25.5. The van der Waals surface area contributed by atoms with Gasteiger partial charge in [-0.3, -0.25) is 9.59 Å². The molecule has 2 amide bonds. The highest BCUT2D eigenvalue weighted by atomic mass is 16.2. The number of hydrogen-bond donors (Lipinski definition) is 3. The van der Waals surface area contributed by atoms with E-state index in [4.69, 9.17) is 0 Å². The van der Waals surface area contributed by atoms with Crippen LogP contribution in [0.1, 0.15) is 39.7 Å². The lowest BCUT2D eigenvalue weighted by atomic mass is 10.1. The molecule has 0 aromatic heterocycles. The Bertz CT molecular complexity index is 543. The van der Waals surface area contributed by atoms with Crippen LogP contribution in [0.5, 0.6) is 0 Å². The van der Waals surface area contributed by atoms with Crippen LogP contribution in [0.4, 0.5) is 5.69 Å². The molecule has 0 bridgehead atoms. The minimum atomic E-state index is -0.0579. The lowest BCUT2D eigenvalue weighted by Gasteiger charge is -2.21. The molecule has 5 nitrogen and oxygen atoms in total. The zero-order chi connectivity index (χ0) is 18.1. The minimum absolute atomic E-state index is 0.00309. The molecular weight excluding hydrogens is 302 g/mol. The third-order valence-corrected chi connectivity index (χ3v) is 4.23. The van der Waals surface area contributed by atoms with Gasteiger partial charge in [0.25, 0.3) is 11.8 Å². The summed E-state index contributed by atoms with van der Waals surface area (Å²) in [6.45, 7) is 11.6. The van der Waals surface area contributed by atoms with Gasteiger partial charge in [0.15, 0.2) is 13.1 Å². The zero-order valence-corrected chi connectivity index (χ0v) is 15.6. The largest absolute Gasteiger partial charge is 0.348 e. The second kappa shape index (κ2) is 10.1. The molecule has 134 valence electrons. The van der Waals surface area contributed by atoms with Crippen LogP contribution in [-0.4, -0.2) is 37.5 Å². The molecule has 0 saturated carbocycles. The van der Waals surface area contributed by atoms with Crippen LogP contribution in [0.25, 0.3) is 0 Å². The monoisotopic (exact) mass is 334 g/mol. The third-order valence-electron chi connectivity index (χ3n) is 4.23. The normalized spacial score (nSPS) is 13.4. The van der Waals surface area contributed by atoms with Crippen LogP contribution in [0.2, 0.25) is 0 Å². The van der Waals surface area contributed by atoms with E-state index in [0.717, 1.165) is 29.1 Å². The molecule has 5 heteroatoms. The van der Waals surface area contributed by atoms with E-state index in [2.05, 4.69) is 31.4 Å². The molecule has 0 fully saturated rings. The first-order valence-corrected chi connectivity index (χ1v) is 8.81. The molecular formula is C19H32N3O2+. The standard InChI is InChI=1S/C19H31N3O2/c1-6-11-22(12-18(23)20-16(5)14(2)3)13-19(24)21-17-10-8-7-9-15(17)4/h7-10,14,16H,6,11-13H2,1-5H3,(H,20,23)(H,21,24)/p+1/t16-/m1/s1. The molecule has 0 spiro atoms. The van der Waals surface area contributed by atoms with Crippen LogP contribution in [-0.2, 0) is 9.59 Å². The summed E-state index contributed by atoms with van der Waals surface area (Å²) in [5.74, 6) is 0.341. The first-order chi connectivity index (χ1) is 11.3. The van der Waals surface area contributed by atoms with Crippen LogP contribution in [0.3, 0.4) is 0 Å². The Kier molecular flexibility index (Phi) is 8.47. The smallest absolute Gasteiger partial charge is 0.279 e. The lowest BCUT2D eigenvalue weighted by molar-refractivity contribution is -0.883. The van der Waals surface area contributed by atoms with Gasteiger partial charge >= 0.3 is 0 Å². The maximum absolute atomic E-state index is 12.3. The number of hydrogen-bond acceptors (Lipinski definition) is 2. The van der Waals surface area contributed by atoms with E-state index in [1.165, 1.54) is 0 Å². The van der Waals surface area contributed by atoms with Crippen molar-refractivity contribution in [2.45, 2.75) is 47.1 Å². The SMILES string of the molecule is CCC[NH+](CC(=O)Nc1ccccc1C)CC(=O)N[C@H](C)C(C)C. The number of carbonyl (C=O) groups excluding carboxylic acids is 2. The number of rotatable bonds is 9. The fraction of sp³-hybridized carbons (Fsp3) is 0.579. The van der Waals surface area contributed by atoms with Crippen molar-refractivity contribution in [1.29, 1.82) is 0 Å². The molecule has 0 aliphatic rings. The topological polar surface area (TPSA) is 62.6 Å². The highest BCUT2D eigenvalue weighted by Crippen LogP contribution is 2.12. The second-order valence-corrected chi connectivity index (χ2v) is 6.82. The van der Waals surface area contributed by atoms with Crippen molar-refractivity contribution in [3.05, 3.63) is 29.8 Å². The predicted octanol–water partition coefficient (Wildman–Crippen LogP) is 1.39. The van der Waals surface area contributed by atoms with Gasteiger partial charge in [-0.2, -0.15) is 0 Å². The molecule has 1 aromatic carbocycles. The fourth-order valence-electron chi connectivity index (χ4n) is 2.43. The van der Waals surface area contributed by atoms with Crippen LogP contribution >= 0.6 is 0 Å². The van der Waals surface area contributed by atoms with Gasteiger partial charge < -0.3 is 15.5 Å². The molecule has 24 heavy (non-hydrogen) atoms. The number of benzene rings is 1. The van der Waals surface area contributed by atoms with E-state index < -0.39 is 0 Å². The maximum Gasteiger partial charge on any atom is 0.279 e. The molecule has 2 atom stereocenters. The van der Waals surface area contributed by atoms with Gasteiger partial charge in [0, 0.05) is 11.7 Å². The van der Waals surface area contributed by atoms with Crippen LogP contribution in [0.15, 0.2) is 24.3 Å². The van der Waals surface area contributed by atoms with Gasteiger partial charge in [0.2, 0.25) is 0 Å². The molecule has 3 N–H and O–H groups in total. The summed E-state index contributed by atoms with van der Waals surface area (Å²) in [5, 5.41) is 5.95. The van der Waals surface area contributed by atoms with E-state index in [0.29, 0.717) is 19.0 Å². The highest BCUT2D eigenvalue weighted by molar-refractivity contribution is 5.92. The van der Waals surface area contributed by atoms with Crippen LogP contribution < -0.4 is 15.5 Å². The minimum Gasteiger partial charge on any atom is -0.348 e. The van der Waals surface area contributed by atoms with Gasteiger partial charge in [-0.05, 0) is 37.8 Å². The molecule has 1 aromatic rings. The summed E-state index contributed by atoms with van der Waals surface area (Å²) < 4.78 is 0. The molecule has 0 radical (unpaired) electrons. The number of carbonyl (C=O) groups is 2. The number of amides is 2. The third kappa shape index (κ3) is 7.13. The Hall–Kier alpha value is -1.88. The zero-order valence-electron chi connectivity index (χ0n) is 15.6. The first-order valence-electron chi connectivity index (χ1n) is 8.81. The van der Waals surface area contributed by atoms with Crippen molar-refractivity contribution in [2.75, 3.05) is 25.0 Å². The van der Waals surface area contributed by atoms with Gasteiger partial charge in [-0.25, -0.2) is 0 Å². The number of aryl methyl sites for hydroxylation is 1. The summed E-state index contributed by atoms with van der Waals surface area (Å²) >= 11 is 0. The first kappa shape index (κ1) is 20.2. The molecule has 0 heterocycles. The van der Waals surface area contributed by atoms with E-state index in [1.807, 2.05) is 38.1 Å². The predicted molar refractivity (Wildman–Crippen MR) is 98.1 cm³/mol. The van der Waals surface area contributed by atoms with E-state index in [-0.39, 0.29) is 17.9 Å². The number of para-hydroxylation sites is 1. The Morgan fingerprint density at radius 1 is 1.08 bits per heavy atom. The highest BCUT2D eigenvalue weighted by Gasteiger charge is 2.19. The Balaban J connectivity index is 2.57. The molecule has 1 unspecified atom stereocenters. The fourth-order valence-corrected chi connectivity index (χ4v) is 2.43. The number of anilines is 1. The summed E-state index contributed by atoms with van der Waals surface area (Å²) in [7, 11) is 0. The van der Waals surface area contributed by atoms with E-state index in [9.17, 15) is 9.59 Å². The van der Waals surface area contributed by atoms with E-state index in [1.54, 1.807) is 0 Å². The van der Waals surface area contributed by atoms with Crippen LogP contribution in [0, 0.1) is 12.8 Å². The average Bonchev–Trinajstić information content (AvgIpc) is 2.49. The van der Waals surface area contributed by atoms with Crippen molar-refractivity contribution in [3.63, 3.8) is 0 Å². The molecule has 0 aliphatic heterocycles. The number of nitrogens with one attached hydrogen (secondary N) is 3. The molecule has 1 rings (SSSR count). The van der Waals surface area contributed by atoms with Gasteiger partial charge in [0.1, 0.15) is 0 Å². The van der Waals surface area contributed by atoms with Crippen molar-refractivity contribution >= 4 is 17.5 Å². The van der Waals surface area contributed by atoms with Gasteiger partial charge in [-0.15, -0.1) is 0 Å². The average molecular weight is 334 g/mol. The Morgan fingerprint density at radius 2 is 1.71 bits per heavy atom. The second-order valence-electron chi connectivity index (χ2n) is 6.82. The van der Waals surface area contributed by atoms with E-state index >= 15 is 0 Å². The summed E-state index contributed by atoms with van der Waals surface area (Å²) in [5.41, 5.74) is 1.86. The maximum atomic E-state index is 12.3. The van der Waals surface area contributed by atoms with Gasteiger partial charge in [0.05, 0.1) is 6.54 Å². The van der Waals surface area contributed by atoms with Crippen molar-refractivity contribution in [2.24, 2.45) is 5.92 Å². The Morgan fingerprint density at radius 3 is 2.29 bits per heavy atom. The molecule has 0 saturated heterocycles. The summed E-state index contributed by atoms with van der Waals surface area (Å²) in [6, 6.07) is 7.85. The number of quaternary nitrogens is 1.